The molecule has 0 aliphatic heterocycles. The zero-order valence-corrected chi connectivity index (χ0v) is 12.6. The Morgan fingerprint density at radius 3 is 2.16 bits per heavy atom. The summed E-state index contributed by atoms with van der Waals surface area (Å²) in [6, 6.07) is 3.18. The Morgan fingerprint density at radius 1 is 1.21 bits per heavy atom. The Morgan fingerprint density at radius 2 is 1.79 bits per heavy atom. The van der Waals surface area contributed by atoms with Crippen molar-refractivity contribution in [2.75, 3.05) is 0 Å². The molecule has 0 radical (unpaired) electrons. The third-order valence-electron chi connectivity index (χ3n) is 3.69. The summed E-state index contributed by atoms with van der Waals surface area (Å²) in [4.78, 5) is 3.98. The van der Waals surface area contributed by atoms with Gasteiger partial charge in [0.1, 0.15) is 0 Å². The maximum atomic E-state index is 12.3. The minimum atomic E-state index is -3.58. The molecule has 0 bridgehead atoms. The molecule has 1 heterocycles. The number of nitrogens with zero attached hydrogens (tertiary/aromatic N) is 1. The summed E-state index contributed by atoms with van der Waals surface area (Å²) in [6.07, 6.45) is 3.75. The second kappa shape index (κ2) is 6.45. The standard InChI is InChI=1S/C13H23N3O2S/c1-4-13(5-2,6-3)16-19(17,18)12-8-7-11(9-14)10-15-12/h7-8,10,16H,4-6,9,14H2,1-3H3. The first-order valence-corrected chi connectivity index (χ1v) is 8.10. The molecule has 0 aromatic carbocycles. The summed E-state index contributed by atoms with van der Waals surface area (Å²) in [5.74, 6) is 0. The SMILES string of the molecule is CCC(CC)(CC)NS(=O)(=O)c1ccc(CN)cn1. The van der Waals surface area contributed by atoms with E-state index in [-0.39, 0.29) is 5.03 Å². The Balaban J connectivity index is 3.03. The van der Waals surface area contributed by atoms with E-state index in [1.54, 1.807) is 6.07 Å². The van der Waals surface area contributed by atoms with Crippen molar-refractivity contribution >= 4 is 10.0 Å². The molecule has 0 amide bonds. The first-order chi connectivity index (χ1) is 8.93. The van der Waals surface area contributed by atoms with Crippen molar-refractivity contribution in [1.29, 1.82) is 0 Å². The average molecular weight is 285 g/mol. The molecule has 6 heteroatoms. The monoisotopic (exact) mass is 285 g/mol. The van der Waals surface area contributed by atoms with Crippen LogP contribution in [0.2, 0.25) is 0 Å². The molecule has 0 spiro atoms. The van der Waals surface area contributed by atoms with Crippen LogP contribution in [-0.2, 0) is 16.6 Å². The highest BCUT2D eigenvalue weighted by Crippen LogP contribution is 2.22. The highest BCUT2D eigenvalue weighted by atomic mass is 32.2. The minimum absolute atomic E-state index is 0.0458. The number of hydrogen-bond donors (Lipinski definition) is 2. The van der Waals surface area contributed by atoms with E-state index in [4.69, 9.17) is 5.73 Å². The zero-order valence-electron chi connectivity index (χ0n) is 11.8. The Hall–Kier alpha value is -0.980. The molecule has 0 saturated carbocycles. The van der Waals surface area contributed by atoms with Gasteiger partial charge in [0.25, 0.3) is 10.0 Å². The van der Waals surface area contributed by atoms with E-state index in [0.717, 1.165) is 24.8 Å². The number of pyridine rings is 1. The zero-order chi connectivity index (χ0) is 14.5. The number of aromatic nitrogens is 1. The average Bonchev–Trinajstić information content (AvgIpc) is 2.45. The number of nitrogens with two attached hydrogens (primary N) is 1. The van der Waals surface area contributed by atoms with Crippen LogP contribution < -0.4 is 10.5 Å². The van der Waals surface area contributed by atoms with E-state index in [2.05, 4.69) is 9.71 Å². The molecule has 5 nitrogen and oxygen atoms in total. The van der Waals surface area contributed by atoms with Gasteiger partial charge in [0.15, 0.2) is 5.03 Å². The van der Waals surface area contributed by atoms with Gasteiger partial charge in [-0.05, 0) is 30.9 Å². The van der Waals surface area contributed by atoms with Gasteiger partial charge in [0.2, 0.25) is 0 Å². The number of hydrogen-bond acceptors (Lipinski definition) is 4. The predicted molar refractivity (Wildman–Crippen MR) is 76.1 cm³/mol. The van der Waals surface area contributed by atoms with E-state index in [1.165, 1.54) is 12.3 Å². The van der Waals surface area contributed by atoms with Crippen LogP contribution in [0.15, 0.2) is 23.4 Å². The molecule has 0 fully saturated rings. The molecule has 0 saturated heterocycles. The highest BCUT2D eigenvalue weighted by molar-refractivity contribution is 7.89. The fourth-order valence-electron chi connectivity index (χ4n) is 1.99. The normalized spacial score (nSPS) is 12.6. The smallest absolute Gasteiger partial charge is 0.258 e. The fourth-order valence-corrected chi connectivity index (χ4v) is 3.54. The number of sulfonamides is 1. The molecule has 108 valence electrons. The van der Waals surface area contributed by atoms with Crippen molar-refractivity contribution in [3.8, 4) is 0 Å². The van der Waals surface area contributed by atoms with Crippen LogP contribution in [0.1, 0.15) is 45.6 Å². The lowest BCUT2D eigenvalue weighted by atomic mass is 9.91. The first-order valence-electron chi connectivity index (χ1n) is 6.62. The third kappa shape index (κ3) is 3.75. The van der Waals surface area contributed by atoms with E-state index in [9.17, 15) is 8.42 Å². The van der Waals surface area contributed by atoms with Gasteiger partial charge in [-0.25, -0.2) is 18.1 Å². The Bertz CT molecular complexity index is 485. The lowest BCUT2D eigenvalue weighted by Crippen LogP contribution is -2.47. The van der Waals surface area contributed by atoms with Crippen LogP contribution in [0.4, 0.5) is 0 Å². The summed E-state index contributed by atoms with van der Waals surface area (Å²) < 4.78 is 27.4. The quantitative estimate of drug-likeness (QED) is 0.799. The van der Waals surface area contributed by atoms with Gasteiger partial charge in [0, 0.05) is 18.3 Å². The maximum Gasteiger partial charge on any atom is 0.258 e. The van der Waals surface area contributed by atoms with Crippen molar-refractivity contribution in [2.24, 2.45) is 5.73 Å². The number of nitrogens with one attached hydrogen (secondary N) is 1. The molecule has 19 heavy (non-hydrogen) atoms. The topological polar surface area (TPSA) is 85.1 Å². The second-order valence-corrected chi connectivity index (χ2v) is 6.28. The molecule has 1 aromatic heterocycles. The molecule has 3 N–H and O–H groups in total. The summed E-state index contributed by atoms with van der Waals surface area (Å²) in [6.45, 7) is 6.31. The van der Waals surface area contributed by atoms with Gasteiger partial charge in [-0.15, -0.1) is 0 Å². The van der Waals surface area contributed by atoms with Crippen LogP contribution in [-0.4, -0.2) is 18.9 Å². The Labute approximate surface area is 115 Å². The van der Waals surface area contributed by atoms with Crippen LogP contribution in [0, 0.1) is 0 Å². The van der Waals surface area contributed by atoms with Gasteiger partial charge < -0.3 is 5.73 Å². The maximum absolute atomic E-state index is 12.3. The lowest BCUT2D eigenvalue weighted by Gasteiger charge is -2.31. The van der Waals surface area contributed by atoms with Crippen molar-refractivity contribution in [1.82, 2.24) is 9.71 Å². The summed E-state index contributed by atoms with van der Waals surface area (Å²) in [7, 11) is -3.58. The molecular formula is C13H23N3O2S. The molecule has 0 aliphatic rings. The van der Waals surface area contributed by atoms with Crippen LogP contribution >= 0.6 is 0 Å². The van der Waals surface area contributed by atoms with Gasteiger partial charge in [0.05, 0.1) is 0 Å². The van der Waals surface area contributed by atoms with Crippen LogP contribution in [0.3, 0.4) is 0 Å². The molecule has 1 rings (SSSR count). The van der Waals surface area contributed by atoms with Crippen molar-refractivity contribution < 1.29 is 8.42 Å². The van der Waals surface area contributed by atoms with E-state index < -0.39 is 15.6 Å². The minimum Gasteiger partial charge on any atom is -0.326 e. The Kier molecular flexibility index (Phi) is 5.46. The van der Waals surface area contributed by atoms with Crippen molar-refractivity contribution in [2.45, 2.75) is 57.1 Å². The van der Waals surface area contributed by atoms with Crippen molar-refractivity contribution in [3.63, 3.8) is 0 Å². The molecule has 1 aromatic rings. The second-order valence-electron chi connectivity index (χ2n) is 4.66. The van der Waals surface area contributed by atoms with E-state index in [0.29, 0.717) is 6.54 Å². The fraction of sp³-hybridized carbons (Fsp3) is 0.615. The molecular weight excluding hydrogens is 262 g/mol. The number of rotatable bonds is 7. The molecule has 0 unspecified atom stereocenters. The summed E-state index contributed by atoms with van der Waals surface area (Å²) in [5.41, 5.74) is 5.89. The predicted octanol–water partition coefficient (Wildman–Crippen LogP) is 1.79. The molecule has 0 aliphatic carbocycles. The van der Waals surface area contributed by atoms with Gasteiger partial charge >= 0.3 is 0 Å². The lowest BCUT2D eigenvalue weighted by molar-refractivity contribution is 0.341. The summed E-state index contributed by atoms with van der Waals surface area (Å²) >= 11 is 0. The van der Waals surface area contributed by atoms with Gasteiger partial charge in [-0.3, -0.25) is 0 Å². The van der Waals surface area contributed by atoms with E-state index >= 15 is 0 Å². The highest BCUT2D eigenvalue weighted by Gasteiger charge is 2.30. The summed E-state index contributed by atoms with van der Waals surface area (Å²) in [5, 5.41) is 0.0458. The van der Waals surface area contributed by atoms with Crippen LogP contribution in [0.5, 0.6) is 0 Å². The van der Waals surface area contributed by atoms with E-state index in [1.807, 2.05) is 20.8 Å². The largest absolute Gasteiger partial charge is 0.326 e. The van der Waals surface area contributed by atoms with Crippen LogP contribution in [0.25, 0.3) is 0 Å². The van der Waals surface area contributed by atoms with Crippen molar-refractivity contribution in [3.05, 3.63) is 23.9 Å². The molecule has 0 atom stereocenters. The third-order valence-corrected chi connectivity index (χ3v) is 5.18. The first kappa shape index (κ1) is 16.1. The van der Waals surface area contributed by atoms with Gasteiger partial charge in [-0.2, -0.15) is 0 Å². The van der Waals surface area contributed by atoms with Gasteiger partial charge in [-0.1, -0.05) is 26.8 Å².